The summed E-state index contributed by atoms with van der Waals surface area (Å²) < 4.78 is 6.50. The number of aromatic nitrogens is 1. The van der Waals surface area contributed by atoms with Gasteiger partial charge in [-0.1, -0.05) is 23.9 Å². The minimum atomic E-state index is -0.711. The molecule has 0 aliphatic rings. The van der Waals surface area contributed by atoms with E-state index in [4.69, 9.17) is 0 Å². The van der Waals surface area contributed by atoms with Gasteiger partial charge in [-0.3, -0.25) is 10.1 Å². The zero-order chi connectivity index (χ0) is 13.7. The molecule has 19 heavy (non-hydrogen) atoms. The Bertz CT molecular complexity index is 564. The van der Waals surface area contributed by atoms with Gasteiger partial charge in [0, 0.05) is 0 Å². The van der Waals surface area contributed by atoms with E-state index in [2.05, 4.69) is 15.0 Å². The zero-order valence-electron chi connectivity index (χ0n) is 10.2. The van der Waals surface area contributed by atoms with E-state index in [9.17, 15) is 9.59 Å². The summed E-state index contributed by atoms with van der Waals surface area (Å²) in [6.45, 7) is 1.92. The number of carbonyl (C=O) groups excluding carboxylic acids is 2. The molecule has 0 radical (unpaired) electrons. The van der Waals surface area contributed by atoms with Crippen molar-refractivity contribution in [1.82, 2.24) is 10.3 Å². The fraction of sp³-hybridized carbons (Fsp3) is 0.250. The maximum atomic E-state index is 11.5. The van der Waals surface area contributed by atoms with Crippen molar-refractivity contribution in [2.24, 2.45) is 0 Å². The predicted molar refractivity (Wildman–Crippen MR) is 75.5 cm³/mol. The van der Waals surface area contributed by atoms with Crippen LogP contribution in [0.5, 0.6) is 0 Å². The lowest BCUT2D eigenvalue weighted by Gasteiger charge is -2.02. The number of fused-ring (bicyclic) bond motifs is 1. The summed E-state index contributed by atoms with van der Waals surface area (Å²) in [5.41, 5.74) is 0.917. The lowest BCUT2D eigenvalue weighted by molar-refractivity contribution is -0.117. The predicted octanol–water partition coefficient (Wildman–Crippen LogP) is 2.66. The SMILES string of the molecule is CCOC(=O)NC(=O)CSc1nc2ccccc2s1. The smallest absolute Gasteiger partial charge is 0.413 e. The first-order valence-electron chi connectivity index (χ1n) is 5.64. The van der Waals surface area contributed by atoms with Gasteiger partial charge in [0.05, 0.1) is 22.6 Å². The van der Waals surface area contributed by atoms with Crippen molar-refractivity contribution in [3.05, 3.63) is 24.3 Å². The van der Waals surface area contributed by atoms with Gasteiger partial charge < -0.3 is 4.74 Å². The lowest BCUT2D eigenvalue weighted by Crippen LogP contribution is -2.32. The van der Waals surface area contributed by atoms with Gasteiger partial charge in [-0.05, 0) is 19.1 Å². The van der Waals surface area contributed by atoms with Gasteiger partial charge in [-0.15, -0.1) is 11.3 Å². The Kier molecular flexibility index (Phi) is 4.75. The summed E-state index contributed by atoms with van der Waals surface area (Å²) in [5.74, 6) is -0.249. The third kappa shape index (κ3) is 3.93. The molecule has 0 fully saturated rings. The van der Waals surface area contributed by atoms with Crippen molar-refractivity contribution in [1.29, 1.82) is 0 Å². The number of hydrogen-bond donors (Lipinski definition) is 1. The molecule has 0 unspecified atom stereocenters. The van der Waals surface area contributed by atoms with Gasteiger partial charge in [0.25, 0.3) is 0 Å². The standard InChI is InChI=1S/C12H12N2O3S2/c1-2-17-11(16)14-10(15)7-18-12-13-8-5-3-4-6-9(8)19-12/h3-6H,2,7H2,1H3,(H,14,15,16). The molecule has 1 aromatic carbocycles. The Morgan fingerprint density at radius 2 is 2.21 bits per heavy atom. The fourth-order valence-corrected chi connectivity index (χ4v) is 3.23. The van der Waals surface area contributed by atoms with Crippen molar-refractivity contribution >= 4 is 45.3 Å². The number of thiazole rings is 1. The summed E-state index contributed by atoms with van der Waals surface area (Å²) in [4.78, 5) is 26.9. The summed E-state index contributed by atoms with van der Waals surface area (Å²) in [5, 5.41) is 2.14. The van der Waals surface area contributed by atoms with E-state index in [-0.39, 0.29) is 18.3 Å². The van der Waals surface area contributed by atoms with Gasteiger partial charge >= 0.3 is 6.09 Å². The van der Waals surface area contributed by atoms with Gasteiger partial charge in [-0.25, -0.2) is 9.78 Å². The first-order chi connectivity index (χ1) is 9.19. The monoisotopic (exact) mass is 296 g/mol. The second-order valence-corrected chi connectivity index (χ2v) is 5.76. The number of ether oxygens (including phenoxy) is 1. The largest absolute Gasteiger partial charge is 0.450 e. The van der Waals surface area contributed by atoms with E-state index < -0.39 is 6.09 Å². The normalized spacial score (nSPS) is 10.4. The van der Waals surface area contributed by atoms with E-state index in [1.807, 2.05) is 24.3 Å². The molecule has 0 saturated heterocycles. The van der Waals surface area contributed by atoms with E-state index in [0.717, 1.165) is 14.6 Å². The van der Waals surface area contributed by atoms with Crippen molar-refractivity contribution < 1.29 is 14.3 Å². The summed E-state index contributed by atoms with van der Waals surface area (Å²) >= 11 is 2.83. The summed E-state index contributed by atoms with van der Waals surface area (Å²) in [6, 6.07) is 7.77. The van der Waals surface area contributed by atoms with E-state index >= 15 is 0 Å². The third-order valence-corrected chi connectivity index (χ3v) is 4.30. The minimum Gasteiger partial charge on any atom is -0.450 e. The molecule has 7 heteroatoms. The van der Waals surface area contributed by atoms with E-state index in [1.165, 1.54) is 23.1 Å². The Labute approximate surface area is 118 Å². The first kappa shape index (κ1) is 13.8. The number of hydrogen-bond acceptors (Lipinski definition) is 6. The van der Waals surface area contributed by atoms with E-state index in [0.29, 0.717) is 0 Å². The molecule has 0 saturated carbocycles. The first-order valence-corrected chi connectivity index (χ1v) is 7.44. The lowest BCUT2D eigenvalue weighted by atomic mass is 10.3. The highest BCUT2D eigenvalue weighted by Crippen LogP contribution is 2.28. The number of amides is 2. The second kappa shape index (κ2) is 6.53. The number of carbonyl (C=O) groups is 2. The van der Waals surface area contributed by atoms with Crippen molar-refractivity contribution in [2.45, 2.75) is 11.3 Å². The average Bonchev–Trinajstić information content (AvgIpc) is 2.79. The van der Waals surface area contributed by atoms with Crippen LogP contribution in [0.25, 0.3) is 10.2 Å². The number of nitrogens with zero attached hydrogens (tertiary/aromatic N) is 1. The van der Waals surface area contributed by atoms with Gasteiger partial charge in [0.1, 0.15) is 0 Å². The quantitative estimate of drug-likeness (QED) is 0.878. The Balaban J connectivity index is 1.88. The molecule has 0 aliphatic carbocycles. The number of benzene rings is 1. The molecule has 2 amide bonds. The number of imide groups is 1. The highest BCUT2D eigenvalue weighted by Gasteiger charge is 2.10. The molecule has 2 aromatic rings. The summed E-state index contributed by atoms with van der Waals surface area (Å²) in [6.07, 6.45) is -0.711. The van der Waals surface area contributed by atoms with Crippen molar-refractivity contribution in [3.63, 3.8) is 0 Å². The molecule has 2 rings (SSSR count). The molecular formula is C12H12N2O3S2. The topological polar surface area (TPSA) is 68.3 Å². The molecule has 0 spiro atoms. The van der Waals surface area contributed by atoms with Crippen LogP contribution in [0.1, 0.15) is 6.92 Å². The fourth-order valence-electron chi connectivity index (χ4n) is 1.36. The van der Waals surface area contributed by atoms with Crippen molar-refractivity contribution in [2.75, 3.05) is 12.4 Å². The molecule has 5 nitrogen and oxygen atoms in total. The van der Waals surface area contributed by atoms with Crippen LogP contribution in [0.15, 0.2) is 28.6 Å². The number of alkyl carbamates (subject to hydrolysis) is 1. The number of nitrogens with one attached hydrogen (secondary N) is 1. The molecule has 0 aliphatic heterocycles. The zero-order valence-corrected chi connectivity index (χ0v) is 11.8. The molecule has 1 heterocycles. The molecule has 100 valence electrons. The molecule has 0 bridgehead atoms. The van der Waals surface area contributed by atoms with Crippen LogP contribution in [0, 0.1) is 0 Å². The number of thioether (sulfide) groups is 1. The maximum Gasteiger partial charge on any atom is 0.413 e. The highest BCUT2D eigenvalue weighted by molar-refractivity contribution is 8.01. The van der Waals surface area contributed by atoms with Gasteiger partial charge in [0.2, 0.25) is 5.91 Å². The molecule has 0 atom stereocenters. The third-order valence-electron chi connectivity index (χ3n) is 2.12. The van der Waals surface area contributed by atoms with E-state index in [1.54, 1.807) is 6.92 Å². The average molecular weight is 296 g/mol. The minimum absolute atomic E-state index is 0.138. The van der Waals surface area contributed by atoms with Gasteiger partial charge in [0.15, 0.2) is 4.34 Å². The Morgan fingerprint density at radius 3 is 2.95 bits per heavy atom. The number of para-hydroxylation sites is 1. The Morgan fingerprint density at radius 1 is 1.42 bits per heavy atom. The van der Waals surface area contributed by atoms with Crippen molar-refractivity contribution in [3.8, 4) is 0 Å². The molecule has 1 N–H and O–H groups in total. The van der Waals surface area contributed by atoms with Crippen LogP contribution in [0.2, 0.25) is 0 Å². The van der Waals surface area contributed by atoms with Crippen LogP contribution in [-0.4, -0.2) is 29.3 Å². The van der Waals surface area contributed by atoms with Crippen LogP contribution in [-0.2, 0) is 9.53 Å². The van der Waals surface area contributed by atoms with Crippen LogP contribution < -0.4 is 5.32 Å². The summed E-state index contributed by atoms with van der Waals surface area (Å²) in [7, 11) is 0. The number of rotatable bonds is 4. The Hall–Kier alpha value is -1.60. The van der Waals surface area contributed by atoms with Crippen LogP contribution >= 0.6 is 23.1 Å². The van der Waals surface area contributed by atoms with Gasteiger partial charge in [-0.2, -0.15) is 0 Å². The second-order valence-electron chi connectivity index (χ2n) is 3.50. The molecule has 1 aromatic heterocycles. The van der Waals surface area contributed by atoms with Crippen LogP contribution in [0.3, 0.4) is 0 Å². The highest BCUT2D eigenvalue weighted by atomic mass is 32.2. The maximum absolute atomic E-state index is 11.5. The molecular weight excluding hydrogens is 284 g/mol. The van der Waals surface area contributed by atoms with Crippen LogP contribution in [0.4, 0.5) is 4.79 Å².